The molecule has 0 aliphatic carbocycles. The molecule has 4 rings (SSSR count). The van der Waals surface area contributed by atoms with Crippen LogP contribution in [0.15, 0.2) is 39.6 Å². The van der Waals surface area contributed by atoms with E-state index in [0.29, 0.717) is 30.9 Å². The molecule has 3 heterocycles. The first-order valence-corrected chi connectivity index (χ1v) is 12.2. The largest absolute Gasteiger partial charge is 0.457 e. The van der Waals surface area contributed by atoms with E-state index in [1.54, 1.807) is 5.48 Å². The van der Waals surface area contributed by atoms with Crippen LogP contribution in [0.25, 0.3) is 11.0 Å². The molecule has 33 heavy (non-hydrogen) atoms. The van der Waals surface area contributed by atoms with E-state index in [0.717, 1.165) is 12.8 Å². The highest BCUT2D eigenvalue weighted by molar-refractivity contribution is 7.92. The average Bonchev–Trinajstić information content (AvgIpc) is 3.23. The number of furan rings is 1. The zero-order valence-corrected chi connectivity index (χ0v) is 19.3. The van der Waals surface area contributed by atoms with Crippen LogP contribution in [-0.4, -0.2) is 54.7 Å². The van der Waals surface area contributed by atoms with Gasteiger partial charge in [-0.15, -0.1) is 10.2 Å². The molecule has 1 aromatic carbocycles. The Morgan fingerprint density at radius 3 is 2.73 bits per heavy atom. The van der Waals surface area contributed by atoms with Gasteiger partial charge in [0.05, 0.1) is 16.7 Å². The van der Waals surface area contributed by atoms with Gasteiger partial charge in [0.1, 0.15) is 5.58 Å². The minimum Gasteiger partial charge on any atom is -0.457 e. The lowest BCUT2D eigenvalue weighted by Gasteiger charge is -2.33. The SMILES string of the molecule is CCOC1CCN(c2nnc(Cl)cc2NS(=O)(=O)c2ccc3cc(C(O)NO)oc3c2)CC1. The highest BCUT2D eigenvalue weighted by Crippen LogP contribution is 2.31. The van der Waals surface area contributed by atoms with E-state index in [4.69, 9.17) is 26.0 Å². The summed E-state index contributed by atoms with van der Waals surface area (Å²) in [7, 11) is -4.03. The molecule has 3 aromatic rings. The van der Waals surface area contributed by atoms with E-state index >= 15 is 0 Å². The van der Waals surface area contributed by atoms with E-state index < -0.39 is 16.3 Å². The van der Waals surface area contributed by atoms with Crippen molar-refractivity contribution in [3.05, 3.63) is 41.2 Å². The second-order valence-electron chi connectivity index (χ2n) is 7.53. The monoisotopic (exact) mass is 497 g/mol. The maximum Gasteiger partial charge on any atom is 0.262 e. The second kappa shape index (κ2) is 9.79. The lowest BCUT2D eigenvalue weighted by molar-refractivity contribution is -0.0110. The predicted octanol–water partition coefficient (Wildman–Crippen LogP) is 2.65. The van der Waals surface area contributed by atoms with Crippen LogP contribution in [0.1, 0.15) is 31.8 Å². The van der Waals surface area contributed by atoms with E-state index in [9.17, 15) is 13.5 Å². The quantitative estimate of drug-likeness (QED) is 0.270. The van der Waals surface area contributed by atoms with Gasteiger partial charge in [0.15, 0.2) is 23.0 Å². The minimum absolute atomic E-state index is 0.0397. The Morgan fingerprint density at radius 1 is 1.27 bits per heavy atom. The van der Waals surface area contributed by atoms with Gasteiger partial charge in [0.2, 0.25) is 0 Å². The third-order valence-electron chi connectivity index (χ3n) is 5.35. The number of sulfonamides is 1. The number of fused-ring (bicyclic) bond motifs is 1. The highest BCUT2D eigenvalue weighted by Gasteiger charge is 2.25. The molecule has 0 saturated carbocycles. The number of hydrogen-bond acceptors (Lipinski definition) is 10. The summed E-state index contributed by atoms with van der Waals surface area (Å²) in [6.45, 7) is 3.88. The van der Waals surface area contributed by atoms with Gasteiger partial charge in [-0.25, -0.2) is 8.42 Å². The van der Waals surface area contributed by atoms with Gasteiger partial charge in [-0.1, -0.05) is 11.6 Å². The van der Waals surface area contributed by atoms with Gasteiger partial charge in [0, 0.05) is 37.2 Å². The fraction of sp³-hybridized carbons (Fsp3) is 0.400. The van der Waals surface area contributed by atoms with Crippen molar-refractivity contribution in [2.45, 2.75) is 37.0 Å². The third kappa shape index (κ3) is 5.21. The molecule has 4 N–H and O–H groups in total. The Balaban J connectivity index is 1.60. The molecule has 1 aliphatic heterocycles. The smallest absolute Gasteiger partial charge is 0.262 e. The maximum absolute atomic E-state index is 13.1. The predicted molar refractivity (Wildman–Crippen MR) is 121 cm³/mol. The fourth-order valence-electron chi connectivity index (χ4n) is 3.74. The van der Waals surface area contributed by atoms with Crippen molar-refractivity contribution in [1.29, 1.82) is 0 Å². The van der Waals surface area contributed by atoms with Crippen LogP contribution in [0.5, 0.6) is 0 Å². The van der Waals surface area contributed by atoms with Crippen LogP contribution >= 0.6 is 11.6 Å². The van der Waals surface area contributed by atoms with Crippen LogP contribution in [-0.2, 0) is 14.8 Å². The number of benzene rings is 1. The molecule has 0 bridgehead atoms. The lowest BCUT2D eigenvalue weighted by Crippen LogP contribution is -2.38. The van der Waals surface area contributed by atoms with Gasteiger partial charge in [-0.3, -0.25) is 4.72 Å². The summed E-state index contributed by atoms with van der Waals surface area (Å²) in [4.78, 5) is 1.89. The number of ether oxygens (including phenoxy) is 1. The first-order chi connectivity index (χ1) is 15.8. The molecule has 1 atom stereocenters. The number of aliphatic hydroxyl groups excluding tert-OH is 1. The summed E-state index contributed by atoms with van der Waals surface area (Å²) in [5, 5.41) is 27.1. The van der Waals surface area contributed by atoms with Crippen molar-refractivity contribution in [1.82, 2.24) is 15.7 Å². The minimum atomic E-state index is -4.03. The zero-order chi connectivity index (χ0) is 23.6. The number of piperidine rings is 1. The molecule has 178 valence electrons. The second-order valence-corrected chi connectivity index (χ2v) is 9.60. The number of anilines is 2. The third-order valence-corrected chi connectivity index (χ3v) is 6.89. The lowest BCUT2D eigenvalue weighted by atomic mass is 10.1. The molecule has 0 spiro atoms. The molecule has 1 unspecified atom stereocenters. The molecule has 2 aromatic heterocycles. The average molecular weight is 498 g/mol. The Hall–Kier alpha value is -2.48. The maximum atomic E-state index is 13.1. The summed E-state index contributed by atoms with van der Waals surface area (Å²) >= 11 is 6.01. The number of rotatable bonds is 8. The van der Waals surface area contributed by atoms with Crippen molar-refractivity contribution < 1.29 is 27.9 Å². The van der Waals surface area contributed by atoms with Crippen molar-refractivity contribution in [3.8, 4) is 0 Å². The number of hydrogen-bond donors (Lipinski definition) is 4. The van der Waals surface area contributed by atoms with Crippen LogP contribution in [0.3, 0.4) is 0 Å². The number of hydroxylamine groups is 1. The summed E-state index contributed by atoms with van der Waals surface area (Å²) in [5.74, 6) is 0.425. The summed E-state index contributed by atoms with van der Waals surface area (Å²) in [6.07, 6.45) is 0.304. The number of aliphatic hydroxyl groups is 1. The van der Waals surface area contributed by atoms with Crippen LogP contribution < -0.4 is 15.1 Å². The number of nitrogens with zero attached hydrogens (tertiary/aromatic N) is 3. The van der Waals surface area contributed by atoms with Crippen molar-refractivity contribution in [2.24, 2.45) is 0 Å². The Labute approximate surface area is 195 Å². The highest BCUT2D eigenvalue weighted by atomic mass is 35.5. The standard InChI is InChI=1S/C20H24ClN5O6S/c1-2-31-13-5-7-26(8-6-13)19-15(11-18(21)22-23-19)25-33(29,30)14-4-3-12-9-17(20(27)24-28)32-16(12)10-14/h3-4,9-11,13,20,24,27-28H,2,5-8H2,1H3,(H,22,25). The molecule has 1 aliphatic rings. The molecule has 11 nitrogen and oxygen atoms in total. The van der Waals surface area contributed by atoms with Gasteiger partial charge in [-0.05, 0) is 38.0 Å². The zero-order valence-electron chi connectivity index (χ0n) is 17.7. The summed E-state index contributed by atoms with van der Waals surface area (Å²) in [5.41, 5.74) is 2.11. The van der Waals surface area contributed by atoms with Gasteiger partial charge < -0.3 is 24.4 Å². The van der Waals surface area contributed by atoms with Gasteiger partial charge in [-0.2, -0.15) is 5.48 Å². The van der Waals surface area contributed by atoms with Crippen molar-refractivity contribution >= 4 is 44.1 Å². The molecular weight excluding hydrogens is 474 g/mol. The first-order valence-electron chi connectivity index (χ1n) is 10.3. The molecule has 0 amide bonds. The summed E-state index contributed by atoms with van der Waals surface area (Å²) in [6, 6.07) is 7.19. The number of halogens is 1. The van der Waals surface area contributed by atoms with Crippen molar-refractivity contribution in [3.63, 3.8) is 0 Å². The number of aromatic nitrogens is 2. The molecule has 1 saturated heterocycles. The van der Waals surface area contributed by atoms with E-state index in [1.807, 2.05) is 11.8 Å². The Kier molecular flexibility index (Phi) is 7.02. The Morgan fingerprint density at radius 2 is 2.03 bits per heavy atom. The van der Waals surface area contributed by atoms with E-state index in [1.165, 1.54) is 30.3 Å². The van der Waals surface area contributed by atoms with Gasteiger partial charge in [0.25, 0.3) is 10.0 Å². The molecule has 0 radical (unpaired) electrons. The Bertz CT molecular complexity index is 1230. The van der Waals surface area contributed by atoms with Crippen LogP contribution in [0.4, 0.5) is 11.5 Å². The molecular formula is C20H24ClN5O6S. The molecule has 1 fully saturated rings. The van der Waals surface area contributed by atoms with Crippen LogP contribution in [0.2, 0.25) is 5.15 Å². The van der Waals surface area contributed by atoms with Gasteiger partial charge >= 0.3 is 0 Å². The van der Waals surface area contributed by atoms with Crippen LogP contribution in [0, 0.1) is 0 Å². The van der Waals surface area contributed by atoms with E-state index in [-0.39, 0.29) is 33.2 Å². The topological polar surface area (TPSA) is 150 Å². The summed E-state index contributed by atoms with van der Waals surface area (Å²) < 4.78 is 40.0. The normalized spacial score (nSPS) is 16.3. The first kappa shape index (κ1) is 23.7. The van der Waals surface area contributed by atoms with Crippen molar-refractivity contribution in [2.75, 3.05) is 29.3 Å². The fourth-order valence-corrected chi connectivity index (χ4v) is 4.96. The van der Waals surface area contributed by atoms with E-state index in [2.05, 4.69) is 14.9 Å². The molecule has 13 heteroatoms. The number of nitrogens with one attached hydrogen (secondary N) is 2.